The van der Waals surface area contributed by atoms with E-state index in [4.69, 9.17) is 20.2 Å². The van der Waals surface area contributed by atoms with E-state index < -0.39 is 0 Å². The number of esters is 1. The maximum absolute atomic E-state index is 11.5. The van der Waals surface area contributed by atoms with Gasteiger partial charge in [-0.25, -0.2) is 15.0 Å². The number of halogens is 1. The highest BCUT2D eigenvalue weighted by Crippen LogP contribution is 2.35. The number of aryl methyl sites for hydroxylation is 1. The number of carbonyl (C=O) groups excluding carboxylic acids is 1. The molecule has 0 bridgehead atoms. The van der Waals surface area contributed by atoms with Gasteiger partial charge in [0.05, 0.1) is 13.7 Å². The summed E-state index contributed by atoms with van der Waals surface area (Å²) in [7, 11) is 1.66. The zero-order chi connectivity index (χ0) is 22.2. The summed E-state index contributed by atoms with van der Waals surface area (Å²) in [6.45, 7) is 3.02. The van der Waals surface area contributed by atoms with Crippen molar-refractivity contribution in [3.8, 4) is 5.75 Å². The van der Waals surface area contributed by atoms with Gasteiger partial charge in [-0.3, -0.25) is 4.79 Å². The molecule has 0 atom stereocenters. The molecule has 2 aromatic heterocycles. The molecule has 0 aliphatic carbocycles. The Hall–Kier alpha value is -2.08. The number of fused-ring (bicyclic) bond motifs is 1. The van der Waals surface area contributed by atoms with Crippen molar-refractivity contribution in [2.24, 2.45) is 0 Å². The van der Waals surface area contributed by atoms with E-state index in [0.29, 0.717) is 24.4 Å². The van der Waals surface area contributed by atoms with Gasteiger partial charge in [-0.05, 0) is 60.6 Å². The van der Waals surface area contributed by atoms with Crippen LogP contribution in [0, 0.1) is 3.57 Å². The number of imidazole rings is 1. The summed E-state index contributed by atoms with van der Waals surface area (Å²) in [5.74, 6) is 1.05. The number of rotatable bonds is 11. The van der Waals surface area contributed by atoms with E-state index in [1.165, 1.54) is 6.33 Å². The van der Waals surface area contributed by atoms with Crippen LogP contribution in [0.4, 0.5) is 5.82 Å². The lowest BCUT2D eigenvalue weighted by molar-refractivity contribution is -0.143. The van der Waals surface area contributed by atoms with Crippen LogP contribution >= 0.6 is 34.4 Å². The van der Waals surface area contributed by atoms with Crippen molar-refractivity contribution < 1.29 is 14.3 Å². The summed E-state index contributed by atoms with van der Waals surface area (Å²) in [5.41, 5.74) is 7.40. The summed E-state index contributed by atoms with van der Waals surface area (Å²) < 4.78 is 13.6. The predicted octanol–water partition coefficient (Wildman–Crippen LogP) is 4.69. The third-order valence-corrected chi connectivity index (χ3v) is 7.04. The van der Waals surface area contributed by atoms with Crippen molar-refractivity contribution >= 4 is 57.3 Å². The third kappa shape index (κ3) is 6.22. The van der Waals surface area contributed by atoms with Crippen LogP contribution in [0.25, 0.3) is 11.2 Å². The van der Waals surface area contributed by atoms with Gasteiger partial charge in [-0.2, -0.15) is 0 Å². The highest BCUT2D eigenvalue weighted by atomic mass is 127. The average molecular weight is 555 g/mol. The van der Waals surface area contributed by atoms with Gasteiger partial charge in [0.15, 0.2) is 22.1 Å². The number of methoxy groups -OCH3 is 1. The minimum absolute atomic E-state index is 0.123. The molecule has 1 aromatic carbocycles. The zero-order valence-electron chi connectivity index (χ0n) is 17.6. The van der Waals surface area contributed by atoms with Crippen molar-refractivity contribution in [2.45, 2.75) is 55.6 Å². The topological polar surface area (TPSA) is 105 Å². The van der Waals surface area contributed by atoms with Crippen LogP contribution in [0.2, 0.25) is 0 Å². The molecule has 0 radical (unpaired) electrons. The number of nitrogen functional groups attached to an aromatic ring is 1. The lowest BCUT2D eigenvalue weighted by Gasteiger charge is -2.10. The van der Waals surface area contributed by atoms with Crippen LogP contribution in [0.15, 0.2) is 34.6 Å². The van der Waals surface area contributed by atoms with E-state index in [1.807, 2.05) is 25.1 Å². The summed E-state index contributed by atoms with van der Waals surface area (Å²) >= 11 is 3.87. The molecule has 2 heterocycles. The van der Waals surface area contributed by atoms with Gasteiger partial charge < -0.3 is 19.8 Å². The quantitative estimate of drug-likeness (QED) is 0.207. The van der Waals surface area contributed by atoms with Crippen LogP contribution in [0.5, 0.6) is 5.75 Å². The Labute approximate surface area is 199 Å². The second kappa shape index (κ2) is 11.5. The van der Waals surface area contributed by atoms with Crippen LogP contribution < -0.4 is 10.5 Å². The molecule has 0 fully saturated rings. The van der Waals surface area contributed by atoms with E-state index in [1.54, 1.807) is 18.9 Å². The van der Waals surface area contributed by atoms with Crippen molar-refractivity contribution in [1.29, 1.82) is 0 Å². The Morgan fingerprint density at radius 2 is 2.03 bits per heavy atom. The molecule has 31 heavy (non-hydrogen) atoms. The molecule has 166 valence electrons. The summed E-state index contributed by atoms with van der Waals surface area (Å²) in [6, 6.07) is 5.96. The number of hydrogen-bond acceptors (Lipinski definition) is 8. The maximum Gasteiger partial charge on any atom is 0.305 e. The molecule has 0 amide bonds. The van der Waals surface area contributed by atoms with Crippen molar-refractivity contribution in [2.75, 3.05) is 19.5 Å². The van der Waals surface area contributed by atoms with Gasteiger partial charge >= 0.3 is 5.97 Å². The molecule has 3 rings (SSSR count). The fraction of sp³-hybridized carbons (Fsp3) is 0.429. The number of carbonyl (C=O) groups is 1. The van der Waals surface area contributed by atoms with E-state index in [2.05, 4.69) is 37.1 Å². The van der Waals surface area contributed by atoms with E-state index in [9.17, 15) is 4.79 Å². The van der Waals surface area contributed by atoms with Crippen molar-refractivity contribution in [3.05, 3.63) is 28.1 Å². The van der Waals surface area contributed by atoms with Crippen LogP contribution in [0.1, 0.15) is 39.0 Å². The van der Waals surface area contributed by atoms with Gasteiger partial charge in [-0.15, -0.1) is 0 Å². The molecule has 0 aliphatic heterocycles. The fourth-order valence-electron chi connectivity index (χ4n) is 3.13. The largest absolute Gasteiger partial charge is 0.497 e. The summed E-state index contributed by atoms with van der Waals surface area (Å²) in [5, 5.41) is 0.819. The third-order valence-electron chi connectivity index (χ3n) is 4.68. The van der Waals surface area contributed by atoms with Gasteiger partial charge in [0.2, 0.25) is 0 Å². The van der Waals surface area contributed by atoms with Crippen LogP contribution in [-0.2, 0) is 16.1 Å². The second-order valence-corrected chi connectivity index (χ2v) is 9.02. The Balaban J connectivity index is 1.72. The maximum atomic E-state index is 11.5. The molecule has 8 nitrogen and oxygen atoms in total. The first-order chi connectivity index (χ1) is 15.0. The molecule has 10 heteroatoms. The molecule has 0 aliphatic rings. The first-order valence-electron chi connectivity index (χ1n) is 10.2. The highest BCUT2D eigenvalue weighted by Gasteiger charge is 2.17. The Kier molecular flexibility index (Phi) is 8.76. The number of anilines is 1. The highest BCUT2D eigenvalue weighted by molar-refractivity contribution is 14.1. The number of ether oxygens (including phenoxy) is 2. The van der Waals surface area contributed by atoms with Crippen molar-refractivity contribution in [3.63, 3.8) is 0 Å². The first-order valence-corrected chi connectivity index (χ1v) is 12.1. The van der Waals surface area contributed by atoms with Gasteiger partial charge in [0.1, 0.15) is 12.1 Å². The molecule has 3 aromatic rings. The molecular weight excluding hydrogens is 529 g/mol. The minimum Gasteiger partial charge on any atom is -0.497 e. The SMILES string of the molecule is CCOC(=O)CCCCCCn1c(Sc2cc(OC)ccc2I)nc2c(N)ncnc21. The van der Waals surface area contributed by atoms with E-state index in [0.717, 1.165) is 57.2 Å². The monoisotopic (exact) mass is 555 g/mol. The number of unbranched alkanes of at least 4 members (excludes halogenated alkanes) is 3. The molecule has 0 saturated carbocycles. The van der Waals surface area contributed by atoms with Crippen LogP contribution in [0.3, 0.4) is 0 Å². The lowest BCUT2D eigenvalue weighted by Crippen LogP contribution is -2.04. The number of benzene rings is 1. The normalized spacial score (nSPS) is 11.1. The Morgan fingerprint density at radius 3 is 2.81 bits per heavy atom. The molecule has 0 unspecified atom stereocenters. The number of nitrogens with two attached hydrogens (primary N) is 1. The predicted molar refractivity (Wildman–Crippen MR) is 129 cm³/mol. The van der Waals surface area contributed by atoms with Crippen LogP contribution in [-0.4, -0.2) is 39.2 Å². The molecule has 0 spiro atoms. The van der Waals surface area contributed by atoms with Gasteiger partial charge in [-0.1, -0.05) is 24.6 Å². The van der Waals surface area contributed by atoms with Crippen molar-refractivity contribution in [1.82, 2.24) is 19.5 Å². The Bertz CT molecular complexity index is 1040. The molecule has 2 N–H and O–H groups in total. The standard InChI is InChI=1S/C21H26IN5O3S/c1-3-30-17(28)8-6-4-5-7-11-27-20-18(19(23)24-13-25-20)26-21(27)31-16-12-14(29-2)9-10-15(16)22/h9-10,12-13H,3-8,11H2,1-2H3,(H2,23,24,25). The average Bonchev–Trinajstić information content (AvgIpc) is 3.11. The van der Waals surface area contributed by atoms with E-state index >= 15 is 0 Å². The summed E-state index contributed by atoms with van der Waals surface area (Å²) in [4.78, 5) is 25.8. The number of aromatic nitrogens is 4. The first kappa shape index (κ1) is 23.6. The molecular formula is C21H26IN5O3S. The van der Waals surface area contributed by atoms with Gasteiger partial charge in [0, 0.05) is 21.4 Å². The lowest BCUT2D eigenvalue weighted by atomic mass is 10.1. The van der Waals surface area contributed by atoms with Gasteiger partial charge in [0.25, 0.3) is 0 Å². The van der Waals surface area contributed by atoms with E-state index in [-0.39, 0.29) is 5.97 Å². The molecule has 0 saturated heterocycles. The smallest absolute Gasteiger partial charge is 0.305 e. The zero-order valence-corrected chi connectivity index (χ0v) is 20.6. The number of hydrogen-bond donors (Lipinski definition) is 1. The second-order valence-electron chi connectivity index (χ2n) is 6.84. The Morgan fingerprint density at radius 1 is 1.23 bits per heavy atom. The fourth-order valence-corrected chi connectivity index (χ4v) is 4.75. The summed E-state index contributed by atoms with van der Waals surface area (Å²) in [6.07, 6.45) is 5.70. The number of nitrogens with zero attached hydrogens (tertiary/aromatic N) is 4. The minimum atomic E-state index is -0.123.